The van der Waals surface area contributed by atoms with E-state index in [0.29, 0.717) is 13.0 Å². The molecular formula is C20H33N3O2S. The molecule has 3 rings (SSSR count). The predicted molar refractivity (Wildman–Crippen MR) is 105 cm³/mol. The van der Waals surface area contributed by atoms with Gasteiger partial charge in [-0.2, -0.15) is 0 Å². The number of aliphatic hydroxyl groups is 1. The Morgan fingerprint density at radius 1 is 1.35 bits per heavy atom. The Labute approximate surface area is 161 Å². The summed E-state index contributed by atoms with van der Waals surface area (Å²) in [6.45, 7) is 4.69. The van der Waals surface area contributed by atoms with E-state index in [4.69, 9.17) is 0 Å². The Balaban J connectivity index is 1.42. The quantitative estimate of drug-likeness (QED) is 0.682. The number of likely N-dealkylation sites (tertiary alicyclic amines) is 1. The van der Waals surface area contributed by atoms with Crippen molar-refractivity contribution in [2.45, 2.75) is 70.3 Å². The monoisotopic (exact) mass is 379 g/mol. The van der Waals surface area contributed by atoms with E-state index in [1.54, 1.807) is 11.3 Å². The lowest BCUT2D eigenvalue weighted by Gasteiger charge is -2.39. The van der Waals surface area contributed by atoms with Gasteiger partial charge in [0.1, 0.15) is 0 Å². The minimum absolute atomic E-state index is 0.0721. The molecule has 0 spiro atoms. The molecule has 26 heavy (non-hydrogen) atoms. The lowest BCUT2D eigenvalue weighted by Crippen LogP contribution is -2.58. The SMILES string of the molecule is Cc1csc(CCNC[C@]2(O)CCCN(CCC3CCCCC3)C2=O)n1. The Morgan fingerprint density at radius 3 is 2.88 bits per heavy atom. The van der Waals surface area contributed by atoms with E-state index in [1.807, 2.05) is 11.8 Å². The number of nitrogens with one attached hydrogen (secondary N) is 1. The number of amides is 1. The maximum Gasteiger partial charge on any atom is 0.255 e. The molecule has 0 radical (unpaired) electrons. The topological polar surface area (TPSA) is 65.5 Å². The summed E-state index contributed by atoms with van der Waals surface area (Å²) in [4.78, 5) is 19.2. The smallest absolute Gasteiger partial charge is 0.255 e. The number of rotatable bonds is 8. The second-order valence-electron chi connectivity index (χ2n) is 8.03. The highest BCUT2D eigenvalue weighted by molar-refractivity contribution is 7.09. The van der Waals surface area contributed by atoms with Crippen LogP contribution in [-0.2, 0) is 11.2 Å². The molecular weight excluding hydrogens is 346 g/mol. The summed E-state index contributed by atoms with van der Waals surface area (Å²) in [5, 5.41) is 17.3. The molecule has 0 aromatic carbocycles. The highest BCUT2D eigenvalue weighted by Crippen LogP contribution is 2.28. The molecule has 1 saturated heterocycles. The first-order valence-corrected chi connectivity index (χ1v) is 11.1. The van der Waals surface area contributed by atoms with Crippen molar-refractivity contribution in [2.75, 3.05) is 26.2 Å². The first-order chi connectivity index (χ1) is 12.6. The van der Waals surface area contributed by atoms with Crippen molar-refractivity contribution in [3.8, 4) is 0 Å². The van der Waals surface area contributed by atoms with Gasteiger partial charge < -0.3 is 15.3 Å². The molecule has 1 saturated carbocycles. The van der Waals surface area contributed by atoms with Crippen LogP contribution >= 0.6 is 11.3 Å². The molecule has 1 amide bonds. The number of nitrogens with zero attached hydrogens (tertiary/aromatic N) is 2. The third kappa shape index (κ3) is 5.27. The number of thiazole rings is 1. The molecule has 1 aliphatic heterocycles. The fourth-order valence-corrected chi connectivity index (χ4v) is 5.04. The average Bonchev–Trinajstić information content (AvgIpc) is 3.06. The zero-order chi connectivity index (χ0) is 18.4. The van der Waals surface area contributed by atoms with Crippen molar-refractivity contribution in [3.05, 3.63) is 16.1 Å². The van der Waals surface area contributed by atoms with Crippen molar-refractivity contribution in [1.82, 2.24) is 15.2 Å². The summed E-state index contributed by atoms with van der Waals surface area (Å²) < 4.78 is 0. The van der Waals surface area contributed by atoms with Gasteiger partial charge in [-0.1, -0.05) is 32.1 Å². The van der Waals surface area contributed by atoms with Gasteiger partial charge in [0.2, 0.25) is 0 Å². The summed E-state index contributed by atoms with van der Waals surface area (Å²) in [6, 6.07) is 0. The molecule has 1 aromatic heterocycles. The van der Waals surface area contributed by atoms with Crippen molar-refractivity contribution in [2.24, 2.45) is 5.92 Å². The van der Waals surface area contributed by atoms with Crippen molar-refractivity contribution in [3.63, 3.8) is 0 Å². The summed E-state index contributed by atoms with van der Waals surface area (Å²) in [5.74, 6) is 0.698. The first-order valence-electron chi connectivity index (χ1n) is 10.2. The number of hydrogen-bond acceptors (Lipinski definition) is 5. The van der Waals surface area contributed by atoms with Crippen LogP contribution in [0.5, 0.6) is 0 Å². The molecule has 6 heteroatoms. The van der Waals surface area contributed by atoms with Gasteiger partial charge in [0.05, 0.1) is 5.01 Å². The minimum atomic E-state index is -1.23. The van der Waals surface area contributed by atoms with E-state index in [2.05, 4.69) is 15.7 Å². The van der Waals surface area contributed by atoms with Crippen LogP contribution < -0.4 is 5.32 Å². The van der Waals surface area contributed by atoms with Crippen molar-refractivity contribution in [1.29, 1.82) is 0 Å². The molecule has 2 fully saturated rings. The second kappa shape index (κ2) is 9.29. The van der Waals surface area contributed by atoms with Crippen LogP contribution in [-0.4, -0.2) is 52.7 Å². The predicted octanol–water partition coefficient (Wildman–Crippen LogP) is 2.91. The van der Waals surface area contributed by atoms with Crippen molar-refractivity contribution >= 4 is 17.2 Å². The number of carbonyl (C=O) groups is 1. The molecule has 146 valence electrons. The van der Waals surface area contributed by atoms with E-state index >= 15 is 0 Å². The number of carbonyl (C=O) groups excluding carboxylic acids is 1. The lowest BCUT2D eigenvalue weighted by molar-refractivity contribution is -0.156. The zero-order valence-corrected chi connectivity index (χ0v) is 16.8. The third-order valence-corrected chi connectivity index (χ3v) is 6.86. The van der Waals surface area contributed by atoms with E-state index in [9.17, 15) is 9.90 Å². The molecule has 1 aliphatic carbocycles. The summed E-state index contributed by atoms with van der Waals surface area (Å²) in [5.41, 5.74) is -0.177. The molecule has 5 nitrogen and oxygen atoms in total. The van der Waals surface area contributed by atoms with Gasteiger partial charge in [-0.15, -0.1) is 11.3 Å². The Kier molecular flexibility index (Phi) is 7.06. The van der Waals surface area contributed by atoms with Gasteiger partial charge in [-0.3, -0.25) is 4.79 Å². The largest absolute Gasteiger partial charge is 0.379 e. The molecule has 2 aliphatic rings. The summed E-state index contributed by atoms with van der Waals surface area (Å²) >= 11 is 1.67. The first kappa shape index (κ1) is 19.8. The number of aryl methyl sites for hydroxylation is 1. The maximum atomic E-state index is 12.8. The molecule has 2 heterocycles. The number of piperidine rings is 1. The Hall–Kier alpha value is -0.980. The lowest BCUT2D eigenvalue weighted by atomic mass is 9.86. The van der Waals surface area contributed by atoms with Crippen LogP contribution in [0.25, 0.3) is 0 Å². The van der Waals surface area contributed by atoms with Crippen LogP contribution in [0.15, 0.2) is 5.38 Å². The molecule has 1 aromatic rings. The summed E-state index contributed by atoms with van der Waals surface area (Å²) in [6.07, 6.45) is 10.1. The van der Waals surface area contributed by atoms with E-state index in [1.165, 1.54) is 32.1 Å². The highest BCUT2D eigenvalue weighted by atomic mass is 32.1. The third-order valence-electron chi connectivity index (χ3n) is 5.84. The average molecular weight is 380 g/mol. The number of hydrogen-bond donors (Lipinski definition) is 2. The normalized spacial score (nSPS) is 25.0. The Bertz CT molecular complexity index is 585. The van der Waals surface area contributed by atoms with Gasteiger partial charge in [0.25, 0.3) is 5.91 Å². The van der Waals surface area contributed by atoms with Gasteiger partial charge in [0, 0.05) is 43.7 Å². The van der Waals surface area contributed by atoms with Crippen LogP contribution in [0.3, 0.4) is 0 Å². The van der Waals surface area contributed by atoms with Crippen molar-refractivity contribution < 1.29 is 9.90 Å². The maximum absolute atomic E-state index is 12.8. The van der Waals surface area contributed by atoms with E-state index in [-0.39, 0.29) is 5.91 Å². The van der Waals surface area contributed by atoms with E-state index in [0.717, 1.165) is 55.5 Å². The standard InChI is InChI=1S/C20H33N3O2S/c1-16-14-26-18(22-16)8-11-21-15-20(25)10-5-12-23(19(20)24)13-9-17-6-3-2-4-7-17/h14,17,21,25H,2-13,15H2,1H3/t20-/m1/s1. The summed E-state index contributed by atoms with van der Waals surface area (Å²) in [7, 11) is 0. The Morgan fingerprint density at radius 2 is 2.15 bits per heavy atom. The fourth-order valence-electron chi connectivity index (χ4n) is 4.26. The van der Waals surface area contributed by atoms with Gasteiger partial charge >= 0.3 is 0 Å². The zero-order valence-electron chi connectivity index (χ0n) is 16.0. The van der Waals surface area contributed by atoms with E-state index < -0.39 is 5.60 Å². The molecule has 2 N–H and O–H groups in total. The van der Waals surface area contributed by atoms with Gasteiger partial charge in [-0.05, 0) is 32.1 Å². The molecule has 0 bridgehead atoms. The van der Waals surface area contributed by atoms with Crippen LogP contribution in [0.2, 0.25) is 0 Å². The fraction of sp³-hybridized carbons (Fsp3) is 0.800. The van der Waals surface area contributed by atoms with Gasteiger partial charge in [-0.25, -0.2) is 4.98 Å². The second-order valence-corrected chi connectivity index (χ2v) is 8.97. The highest BCUT2D eigenvalue weighted by Gasteiger charge is 2.41. The van der Waals surface area contributed by atoms with Gasteiger partial charge in [0.15, 0.2) is 5.60 Å². The minimum Gasteiger partial charge on any atom is -0.379 e. The van der Waals surface area contributed by atoms with Crippen LogP contribution in [0, 0.1) is 12.8 Å². The van der Waals surface area contributed by atoms with Crippen LogP contribution in [0.4, 0.5) is 0 Å². The molecule has 1 atom stereocenters. The molecule has 0 unspecified atom stereocenters. The number of aromatic nitrogens is 1. The van der Waals surface area contributed by atoms with Crippen LogP contribution in [0.1, 0.15) is 62.1 Å².